The van der Waals surface area contributed by atoms with Gasteiger partial charge in [-0.3, -0.25) is 9.69 Å². The number of methoxy groups -OCH3 is 1. The lowest BCUT2D eigenvalue weighted by atomic mass is 9.79. The van der Waals surface area contributed by atoms with Crippen LogP contribution in [-0.4, -0.2) is 55.6 Å². The van der Waals surface area contributed by atoms with Crippen molar-refractivity contribution in [3.63, 3.8) is 0 Å². The van der Waals surface area contributed by atoms with E-state index in [4.69, 9.17) is 10.00 Å². The smallest absolute Gasteiger partial charge is 0.228 e. The largest absolute Gasteiger partial charge is 0.383 e. The highest BCUT2D eigenvalue weighted by Gasteiger charge is 2.46. The molecule has 5 nitrogen and oxygen atoms in total. The molecule has 1 aromatic carbocycles. The topological polar surface area (TPSA) is 56.6 Å². The summed E-state index contributed by atoms with van der Waals surface area (Å²) in [6.07, 6.45) is 4.01. The van der Waals surface area contributed by atoms with Gasteiger partial charge in [0.05, 0.1) is 23.7 Å². The van der Waals surface area contributed by atoms with Gasteiger partial charge in [-0.05, 0) is 56.5 Å². The fourth-order valence-electron chi connectivity index (χ4n) is 4.12. The van der Waals surface area contributed by atoms with Gasteiger partial charge in [0, 0.05) is 26.7 Å². The third-order valence-electron chi connectivity index (χ3n) is 5.69. The Morgan fingerprint density at radius 2 is 1.92 bits per heavy atom. The van der Waals surface area contributed by atoms with E-state index in [1.165, 1.54) is 5.56 Å². The molecule has 2 fully saturated rings. The number of hydrogen-bond acceptors (Lipinski definition) is 4. The van der Waals surface area contributed by atoms with Crippen molar-refractivity contribution >= 4 is 5.91 Å². The molecule has 134 valence electrons. The van der Waals surface area contributed by atoms with E-state index in [1.807, 2.05) is 29.2 Å². The average Bonchev–Trinajstić information content (AvgIpc) is 2.81. The van der Waals surface area contributed by atoms with Crippen LogP contribution in [0.1, 0.15) is 36.8 Å². The lowest BCUT2D eigenvalue weighted by molar-refractivity contribution is -0.137. The number of likely N-dealkylation sites (tertiary alicyclic amines) is 2. The molecule has 0 radical (unpaired) electrons. The van der Waals surface area contributed by atoms with Gasteiger partial charge in [-0.15, -0.1) is 0 Å². The number of hydrogen-bond donors (Lipinski definition) is 0. The van der Waals surface area contributed by atoms with Crippen molar-refractivity contribution in [3.8, 4) is 6.07 Å². The Bertz CT molecular complexity index is 637. The number of carbonyl (C=O) groups excluding carboxylic acids is 1. The summed E-state index contributed by atoms with van der Waals surface area (Å²) in [5, 5.41) is 8.90. The van der Waals surface area contributed by atoms with E-state index in [2.05, 4.69) is 11.0 Å². The first-order chi connectivity index (χ1) is 12.2. The van der Waals surface area contributed by atoms with Gasteiger partial charge in [0.25, 0.3) is 0 Å². The van der Waals surface area contributed by atoms with E-state index in [1.54, 1.807) is 7.11 Å². The minimum absolute atomic E-state index is 0.146. The van der Waals surface area contributed by atoms with Gasteiger partial charge in [0.1, 0.15) is 0 Å². The van der Waals surface area contributed by atoms with Crippen molar-refractivity contribution in [2.75, 3.05) is 39.9 Å². The zero-order valence-electron chi connectivity index (χ0n) is 15.0. The van der Waals surface area contributed by atoms with Crippen molar-refractivity contribution in [3.05, 3.63) is 35.4 Å². The molecule has 0 aliphatic carbocycles. The van der Waals surface area contributed by atoms with Gasteiger partial charge in [0.2, 0.25) is 5.91 Å². The Morgan fingerprint density at radius 3 is 2.64 bits per heavy atom. The molecule has 3 rings (SSSR count). The highest BCUT2D eigenvalue weighted by atomic mass is 16.5. The van der Waals surface area contributed by atoms with Crippen molar-refractivity contribution in [2.45, 2.75) is 32.2 Å². The first kappa shape index (κ1) is 17.9. The SMILES string of the molecule is COCCN1CCC2(CCCN(Cc3ccc(C#N)cc3)CC2)C1=O. The van der Waals surface area contributed by atoms with Crippen LogP contribution in [0.3, 0.4) is 0 Å². The summed E-state index contributed by atoms with van der Waals surface area (Å²) >= 11 is 0. The minimum atomic E-state index is -0.146. The molecule has 0 saturated carbocycles. The van der Waals surface area contributed by atoms with E-state index in [9.17, 15) is 4.79 Å². The van der Waals surface area contributed by atoms with Crippen LogP contribution in [0.5, 0.6) is 0 Å². The second-order valence-electron chi connectivity index (χ2n) is 7.25. The summed E-state index contributed by atoms with van der Waals surface area (Å²) in [5.41, 5.74) is 1.79. The van der Waals surface area contributed by atoms with Gasteiger partial charge < -0.3 is 9.64 Å². The van der Waals surface area contributed by atoms with Crippen molar-refractivity contribution in [2.24, 2.45) is 5.41 Å². The van der Waals surface area contributed by atoms with E-state index in [0.717, 1.165) is 51.9 Å². The van der Waals surface area contributed by atoms with Gasteiger partial charge in [-0.2, -0.15) is 5.26 Å². The van der Waals surface area contributed by atoms with Crippen molar-refractivity contribution in [1.29, 1.82) is 5.26 Å². The minimum Gasteiger partial charge on any atom is -0.383 e. The lowest BCUT2D eigenvalue weighted by Gasteiger charge is -2.26. The Balaban J connectivity index is 1.58. The number of rotatable bonds is 5. The second-order valence-corrected chi connectivity index (χ2v) is 7.25. The lowest BCUT2D eigenvalue weighted by Crippen LogP contribution is -2.37. The summed E-state index contributed by atoms with van der Waals surface area (Å²) in [6, 6.07) is 9.98. The third-order valence-corrected chi connectivity index (χ3v) is 5.69. The fourth-order valence-corrected chi connectivity index (χ4v) is 4.12. The molecule has 2 aliphatic rings. The van der Waals surface area contributed by atoms with Crippen LogP contribution in [0.4, 0.5) is 0 Å². The normalized spacial score (nSPS) is 24.5. The Kier molecular flexibility index (Phi) is 5.72. The molecule has 1 aromatic rings. The Morgan fingerprint density at radius 1 is 1.16 bits per heavy atom. The number of nitrogens with zero attached hydrogens (tertiary/aromatic N) is 3. The quantitative estimate of drug-likeness (QED) is 0.825. The van der Waals surface area contributed by atoms with Crippen LogP contribution in [0.25, 0.3) is 0 Å². The molecule has 2 saturated heterocycles. The van der Waals surface area contributed by atoms with Crippen LogP contribution >= 0.6 is 0 Å². The summed E-state index contributed by atoms with van der Waals surface area (Å²) in [5.74, 6) is 0.338. The van der Waals surface area contributed by atoms with Gasteiger partial charge in [0.15, 0.2) is 0 Å². The van der Waals surface area contributed by atoms with Gasteiger partial charge in [-0.25, -0.2) is 0 Å². The van der Waals surface area contributed by atoms with E-state index in [-0.39, 0.29) is 5.41 Å². The zero-order valence-corrected chi connectivity index (χ0v) is 15.0. The molecule has 25 heavy (non-hydrogen) atoms. The molecule has 0 N–H and O–H groups in total. The molecule has 1 unspecified atom stereocenters. The molecule has 0 aromatic heterocycles. The molecule has 1 spiro atoms. The molecular weight excluding hydrogens is 314 g/mol. The molecule has 0 bridgehead atoms. The predicted octanol–water partition coefficient (Wildman–Crippen LogP) is 2.41. The van der Waals surface area contributed by atoms with E-state index < -0.39 is 0 Å². The van der Waals surface area contributed by atoms with Crippen LogP contribution in [0.15, 0.2) is 24.3 Å². The molecular formula is C20H27N3O2. The summed E-state index contributed by atoms with van der Waals surface area (Å²) in [4.78, 5) is 17.3. The fraction of sp³-hybridized carbons (Fsp3) is 0.600. The Labute approximate surface area is 150 Å². The van der Waals surface area contributed by atoms with Gasteiger partial charge >= 0.3 is 0 Å². The van der Waals surface area contributed by atoms with Gasteiger partial charge in [-0.1, -0.05) is 12.1 Å². The summed E-state index contributed by atoms with van der Waals surface area (Å²) < 4.78 is 5.13. The average molecular weight is 341 g/mol. The van der Waals surface area contributed by atoms with Crippen LogP contribution < -0.4 is 0 Å². The number of ether oxygens (including phenoxy) is 1. The van der Waals surface area contributed by atoms with E-state index in [0.29, 0.717) is 24.6 Å². The third kappa shape index (κ3) is 4.02. The summed E-state index contributed by atoms with van der Waals surface area (Å²) in [6.45, 7) is 5.09. The highest BCUT2D eigenvalue weighted by molar-refractivity contribution is 5.84. The maximum Gasteiger partial charge on any atom is 0.228 e. The number of amides is 1. The maximum absolute atomic E-state index is 12.9. The molecule has 5 heteroatoms. The van der Waals surface area contributed by atoms with Crippen LogP contribution in [-0.2, 0) is 16.1 Å². The van der Waals surface area contributed by atoms with Crippen molar-refractivity contribution in [1.82, 2.24) is 9.80 Å². The van der Waals surface area contributed by atoms with Crippen LogP contribution in [0.2, 0.25) is 0 Å². The molecule has 2 aliphatic heterocycles. The Hall–Kier alpha value is -1.90. The zero-order chi connectivity index (χ0) is 17.7. The monoisotopic (exact) mass is 341 g/mol. The first-order valence-electron chi connectivity index (χ1n) is 9.16. The highest BCUT2D eigenvalue weighted by Crippen LogP contribution is 2.41. The van der Waals surface area contributed by atoms with Crippen molar-refractivity contribution < 1.29 is 9.53 Å². The molecule has 2 heterocycles. The number of carbonyl (C=O) groups is 1. The summed E-state index contributed by atoms with van der Waals surface area (Å²) in [7, 11) is 1.68. The second kappa shape index (κ2) is 7.99. The van der Waals surface area contributed by atoms with Crippen LogP contribution in [0, 0.1) is 16.7 Å². The molecule has 1 amide bonds. The standard InChI is InChI=1S/C20H27N3O2/c1-25-14-13-23-12-9-20(19(23)24)7-2-10-22(11-8-20)16-18-5-3-17(15-21)4-6-18/h3-6H,2,7-14,16H2,1H3. The first-order valence-corrected chi connectivity index (χ1v) is 9.16. The maximum atomic E-state index is 12.9. The number of nitriles is 1. The number of benzene rings is 1. The molecule has 1 atom stereocenters. The van der Waals surface area contributed by atoms with E-state index >= 15 is 0 Å². The predicted molar refractivity (Wildman–Crippen MR) is 95.8 cm³/mol.